The number of carbonyl (C=O) groups excluding carboxylic acids is 1. The van der Waals surface area contributed by atoms with Crippen LogP contribution in [-0.4, -0.2) is 42.7 Å². The molecule has 1 rings (SSSR count). The fourth-order valence-electron chi connectivity index (χ4n) is 1.39. The van der Waals surface area contributed by atoms with Crippen LogP contribution in [0.4, 0.5) is 5.00 Å². The van der Waals surface area contributed by atoms with Gasteiger partial charge in [0.05, 0.1) is 18.6 Å². The van der Waals surface area contributed by atoms with E-state index >= 15 is 0 Å². The number of carboxylic acid groups (broad SMARTS) is 1. The van der Waals surface area contributed by atoms with Crippen LogP contribution in [0, 0.1) is 6.92 Å². The van der Waals surface area contributed by atoms with Crippen LogP contribution in [0.3, 0.4) is 0 Å². The van der Waals surface area contributed by atoms with Gasteiger partial charge >= 0.3 is 11.9 Å². The van der Waals surface area contributed by atoms with E-state index in [9.17, 15) is 18.0 Å². The van der Waals surface area contributed by atoms with Gasteiger partial charge < -0.3 is 9.84 Å². The Bertz CT molecular complexity index is 607. The molecule has 0 saturated carbocycles. The lowest BCUT2D eigenvalue weighted by Crippen LogP contribution is -2.18. The van der Waals surface area contributed by atoms with Crippen molar-refractivity contribution < 1.29 is 27.9 Å². The van der Waals surface area contributed by atoms with Crippen molar-refractivity contribution in [1.29, 1.82) is 0 Å². The lowest BCUT2D eigenvalue weighted by Gasteiger charge is -2.06. The van der Waals surface area contributed by atoms with E-state index in [0.29, 0.717) is 0 Å². The lowest BCUT2D eigenvalue weighted by molar-refractivity contribution is -0.140. The van der Waals surface area contributed by atoms with Gasteiger partial charge in [0.25, 0.3) is 0 Å². The van der Waals surface area contributed by atoms with Crippen molar-refractivity contribution in [1.82, 2.24) is 4.37 Å². The Morgan fingerprint density at radius 1 is 1.45 bits per heavy atom. The minimum absolute atomic E-state index is 0.0229. The molecule has 0 aliphatic rings. The molecular weight excluding hydrogens is 308 g/mol. The van der Waals surface area contributed by atoms with Gasteiger partial charge in [-0.1, -0.05) is 0 Å². The van der Waals surface area contributed by atoms with E-state index in [1.165, 1.54) is 14.0 Å². The molecule has 0 unspecified atom stereocenters. The number of anilines is 1. The Kier molecular flexibility index (Phi) is 5.45. The van der Waals surface area contributed by atoms with Crippen molar-refractivity contribution in [2.75, 3.05) is 17.6 Å². The largest absolute Gasteiger partial charge is 0.478 e. The van der Waals surface area contributed by atoms with Crippen molar-refractivity contribution in [3.63, 3.8) is 0 Å². The quantitative estimate of drug-likeness (QED) is 0.713. The summed E-state index contributed by atoms with van der Waals surface area (Å²) in [4.78, 5) is 21.9. The zero-order valence-electron chi connectivity index (χ0n) is 10.9. The number of nitrogens with zero attached hydrogens (tertiary/aromatic N) is 1. The standard InChI is InChI=1S/C10H14N2O6S2/c1-6-8(10(14)15)9(19-11-6)12-20(16,17)5-3-4-7(13)18-2/h12H,3-5H2,1-2H3,(H,14,15). The van der Waals surface area contributed by atoms with Gasteiger partial charge in [0.2, 0.25) is 10.0 Å². The molecule has 0 spiro atoms. The van der Waals surface area contributed by atoms with Crippen LogP contribution < -0.4 is 4.72 Å². The number of hydrogen-bond donors (Lipinski definition) is 2. The van der Waals surface area contributed by atoms with E-state index in [2.05, 4.69) is 13.8 Å². The summed E-state index contributed by atoms with van der Waals surface area (Å²) in [6.07, 6.45) is 0.0626. The first-order valence-electron chi connectivity index (χ1n) is 5.53. The molecule has 0 amide bonds. The lowest BCUT2D eigenvalue weighted by atomic mass is 10.2. The van der Waals surface area contributed by atoms with Crippen molar-refractivity contribution in [2.45, 2.75) is 19.8 Å². The molecule has 0 bridgehead atoms. The first-order chi connectivity index (χ1) is 9.26. The molecule has 0 radical (unpaired) electrons. The second-order valence-electron chi connectivity index (χ2n) is 3.88. The van der Waals surface area contributed by atoms with Gasteiger partial charge in [-0.2, -0.15) is 4.37 Å². The normalized spacial score (nSPS) is 11.1. The van der Waals surface area contributed by atoms with E-state index in [4.69, 9.17) is 5.11 Å². The van der Waals surface area contributed by atoms with Gasteiger partial charge in [0, 0.05) is 6.42 Å². The summed E-state index contributed by atoms with van der Waals surface area (Å²) in [7, 11) is -2.52. The molecule has 0 aliphatic carbocycles. The van der Waals surface area contributed by atoms with E-state index in [1.54, 1.807) is 0 Å². The number of methoxy groups -OCH3 is 1. The molecule has 8 nitrogen and oxygen atoms in total. The Hall–Kier alpha value is -1.68. The number of ether oxygens (including phenoxy) is 1. The third-order valence-electron chi connectivity index (χ3n) is 2.35. The highest BCUT2D eigenvalue weighted by Gasteiger charge is 2.21. The summed E-state index contributed by atoms with van der Waals surface area (Å²) in [5.41, 5.74) is 0.0845. The zero-order valence-corrected chi connectivity index (χ0v) is 12.5. The van der Waals surface area contributed by atoms with Crippen molar-refractivity contribution in [3.05, 3.63) is 11.3 Å². The van der Waals surface area contributed by atoms with Crippen LogP contribution in [0.1, 0.15) is 28.9 Å². The molecule has 2 N–H and O–H groups in total. The van der Waals surface area contributed by atoms with Gasteiger partial charge in [-0.05, 0) is 24.9 Å². The molecule has 0 fully saturated rings. The third-order valence-corrected chi connectivity index (χ3v) is 4.67. The van der Waals surface area contributed by atoms with Crippen LogP contribution in [0.15, 0.2) is 0 Å². The van der Waals surface area contributed by atoms with Crippen molar-refractivity contribution in [2.24, 2.45) is 0 Å². The van der Waals surface area contributed by atoms with Crippen LogP contribution in [0.25, 0.3) is 0 Å². The molecule has 20 heavy (non-hydrogen) atoms. The molecular formula is C10H14N2O6S2. The first-order valence-corrected chi connectivity index (χ1v) is 7.96. The summed E-state index contributed by atoms with van der Waals surface area (Å²) >= 11 is 0.763. The van der Waals surface area contributed by atoms with Crippen LogP contribution in [0.5, 0.6) is 0 Å². The second-order valence-corrected chi connectivity index (χ2v) is 6.49. The Morgan fingerprint density at radius 3 is 2.65 bits per heavy atom. The average molecular weight is 322 g/mol. The smallest absolute Gasteiger partial charge is 0.340 e. The number of aromatic nitrogens is 1. The van der Waals surface area contributed by atoms with Crippen molar-refractivity contribution >= 4 is 38.5 Å². The molecule has 112 valence electrons. The maximum absolute atomic E-state index is 11.8. The molecule has 0 atom stereocenters. The van der Waals surface area contributed by atoms with E-state index in [1.807, 2.05) is 0 Å². The van der Waals surface area contributed by atoms with Gasteiger partial charge in [0.15, 0.2) is 0 Å². The third kappa shape index (κ3) is 4.46. The minimum Gasteiger partial charge on any atom is -0.478 e. The maximum Gasteiger partial charge on any atom is 0.340 e. The number of sulfonamides is 1. The number of esters is 1. The topological polar surface area (TPSA) is 123 Å². The Balaban J connectivity index is 2.72. The predicted molar refractivity (Wildman–Crippen MR) is 72.5 cm³/mol. The van der Waals surface area contributed by atoms with Crippen LogP contribution in [-0.2, 0) is 19.6 Å². The number of rotatable bonds is 7. The monoisotopic (exact) mass is 322 g/mol. The number of hydrogen-bond acceptors (Lipinski definition) is 7. The summed E-state index contributed by atoms with van der Waals surface area (Å²) < 4.78 is 33.9. The SMILES string of the molecule is COC(=O)CCCS(=O)(=O)Nc1snc(C)c1C(=O)O. The number of carboxylic acids is 1. The minimum atomic E-state index is -3.73. The fraction of sp³-hybridized carbons (Fsp3) is 0.500. The van der Waals surface area contributed by atoms with E-state index in [0.717, 1.165) is 11.5 Å². The van der Waals surface area contributed by atoms with Gasteiger partial charge in [-0.25, -0.2) is 13.2 Å². The predicted octanol–water partition coefficient (Wildman–Crippen LogP) is 0.845. The summed E-state index contributed by atoms with van der Waals surface area (Å²) in [5.74, 6) is -2.05. The molecule has 1 aromatic heterocycles. The molecule has 0 aliphatic heterocycles. The number of aryl methyl sites for hydroxylation is 1. The fourth-order valence-corrected chi connectivity index (χ4v) is 3.58. The van der Waals surface area contributed by atoms with E-state index < -0.39 is 22.0 Å². The Labute approximate surface area is 120 Å². The van der Waals surface area contributed by atoms with Crippen LogP contribution in [0.2, 0.25) is 0 Å². The Morgan fingerprint density at radius 2 is 2.10 bits per heavy atom. The summed E-state index contributed by atoms with van der Waals surface area (Å²) in [6, 6.07) is 0. The molecule has 1 heterocycles. The first kappa shape index (κ1) is 16.4. The highest BCUT2D eigenvalue weighted by Crippen LogP contribution is 2.25. The number of nitrogens with one attached hydrogen (secondary N) is 1. The maximum atomic E-state index is 11.8. The molecule has 0 saturated heterocycles. The highest BCUT2D eigenvalue weighted by molar-refractivity contribution is 7.92. The summed E-state index contributed by atoms with van der Waals surface area (Å²) in [6.45, 7) is 1.48. The number of carbonyl (C=O) groups is 2. The van der Waals surface area contributed by atoms with Crippen molar-refractivity contribution in [3.8, 4) is 0 Å². The summed E-state index contributed by atoms with van der Waals surface area (Å²) in [5, 5.41) is 8.95. The molecule has 10 heteroatoms. The average Bonchev–Trinajstić information content (AvgIpc) is 2.69. The van der Waals surface area contributed by atoms with Gasteiger partial charge in [-0.3, -0.25) is 9.52 Å². The molecule has 1 aromatic rings. The highest BCUT2D eigenvalue weighted by atomic mass is 32.2. The van der Waals surface area contributed by atoms with Gasteiger partial charge in [0.1, 0.15) is 10.6 Å². The van der Waals surface area contributed by atoms with Gasteiger partial charge in [-0.15, -0.1) is 0 Å². The second kappa shape index (κ2) is 6.66. The number of aromatic carboxylic acids is 1. The van der Waals surface area contributed by atoms with E-state index in [-0.39, 0.29) is 34.9 Å². The zero-order chi connectivity index (χ0) is 15.3. The van der Waals surface area contributed by atoms with Crippen LogP contribution >= 0.6 is 11.5 Å². The molecule has 0 aromatic carbocycles.